The Balaban J connectivity index is 0.00000150. The number of halogens is 1. The van der Waals surface area contributed by atoms with Crippen LogP contribution < -0.4 is 68.9 Å². The number of benzene rings is 1. The van der Waals surface area contributed by atoms with Crippen LogP contribution in [0.4, 0.5) is 0 Å². The summed E-state index contributed by atoms with van der Waals surface area (Å²) < 4.78 is 0. The first kappa shape index (κ1) is 25.9. The molecule has 2 saturated heterocycles. The summed E-state index contributed by atoms with van der Waals surface area (Å²) in [4.78, 5) is 19.1. The van der Waals surface area contributed by atoms with Crippen molar-refractivity contribution < 1.29 is 73.7 Å². The molecule has 0 atom stereocenters. The smallest absolute Gasteiger partial charge is 0.358 e. The second-order valence-electron chi connectivity index (χ2n) is 7.94. The largest absolute Gasteiger partial charge is 1.00 e. The van der Waals surface area contributed by atoms with E-state index in [9.17, 15) is 4.79 Å². The summed E-state index contributed by atoms with van der Waals surface area (Å²) in [7, 11) is 2.19. The van der Waals surface area contributed by atoms with Gasteiger partial charge in [-0.3, -0.25) is 4.79 Å². The molecule has 0 N–H and O–H groups in total. The van der Waals surface area contributed by atoms with Crippen molar-refractivity contribution in [1.82, 2.24) is 9.80 Å². The summed E-state index contributed by atoms with van der Waals surface area (Å²) in [5, 5.41) is 0.799. The fraction of sp³-hybridized carbons (Fsp3) is 0.478. The zero-order valence-electron chi connectivity index (χ0n) is 18.1. The number of amides is 1. The Hall–Kier alpha value is 0.692. The molecule has 152 valence electrons. The van der Waals surface area contributed by atoms with Gasteiger partial charge in [-0.1, -0.05) is 23.7 Å². The summed E-state index contributed by atoms with van der Waals surface area (Å²) in [6.45, 7) is 6.10. The van der Waals surface area contributed by atoms with Crippen LogP contribution in [0.3, 0.4) is 0 Å². The molecule has 3 nitrogen and oxygen atoms in total. The van der Waals surface area contributed by atoms with Crippen molar-refractivity contribution >= 4 is 28.8 Å². The molecule has 29 heavy (non-hydrogen) atoms. The van der Waals surface area contributed by atoms with Gasteiger partial charge in [0.2, 0.25) is 0 Å². The number of aryl methyl sites for hydroxylation is 1. The van der Waals surface area contributed by atoms with Crippen LogP contribution in [0.25, 0.3) is 10.4 Å². The van der Waals surface area contributed by atoms with Gasteiger partial charge in [0.15, 0.2) is 0 Å². The number of hydrogen-bond donors (Lipinski definition) is 0. The summed E-state index contributed by atoms with van der Waals surface area (Å²) in [6, 6.07) is 8.63. The van der Waals surface area contributed by atoms with E-state index in [1.54, 1.807) is 11.3 Å². The zero-order chi connectivity index (χ0) is 19.0. The van der Waals surface area contributed by atoms with E-state index < -0.39 is 0 Å². The number of carbonyl (C=O) groups excluding carboxylic acids is 1. The van der Waals surface area contributed by atoms with E-state index in [2.05, 4.69) is 36.2 Å². The molecule has 1 aromatic heterocycles. The van der Waals surface area contributed by atoms with Crippen LogP contribution >= 0.6 is 22.9 Å². The molecule has 4 rings (SSSR count). The van der Waals surface area contributed by atoms with Crippen molar-refractivity contribution in [1.29, 1.82) is 0 Å². The third kappa shape index (κ3) is 5.93. The number of hydrogen-bond acceptors (Lipinski definition) is 3. The average Bonchev–Trinajstić information content (AvgIpc) is 3.32. The van der Waals surface area contributed by atoms with E-state index >= 15 is 0 Å². The Labute approximate surface area is 243 Å². The maximum atomic E-state index is 12.8. The molecule has 1 amide bonds. The first-order valence-corrected chi connectivity index (χ1v) is 11.1. The number of piperidine rings is 1. The van der Waals surface area contributed by atoms with Crippen LogP contribution in [0.15, 0.2) is 24.3 Å². The van der Waals surface area contributed by atoms with Gasteiger partial charge >= 0.3 is 68.9 Å². The third-order valence-corrected chi connectivity index (χ3v) is 7.52. The normalized spacial score (nSPS) is 17.7. The first-order chi connectivity index (χ1) is 13.0. The quantitative estimate of drug-likeness (QED) is 0.549. The van der Waals surface area contributed by atoms with E-state index in [-0.39, 0.29) is 82.2 Å². The van der Waals surface area contributed by atoms with Gasteiger partial charge in [0.25, 0.3) is 5.91 Å². The summed E-state index contributed by atoms with van der Waals surface area (Å²) in [6.07, 6.45) is 4.62. The number of carbonyl (C=O) groups is 1. The van der Waals surface area contributed by atoms with Crippen LogP contribution in [0.2, 0.25) is 5.02 Å². The molecular weight excluding hydrogens is 521 g/mol. The van der Waals surface area contributed by atoms with Crippen molar-refractivity contribution in [2.24, 2.45) is 0 Å². The number of thiophene rings is 1. The number of nitrogens with zero attached hydrogens (tertiary/aromatic N) is 2. The third-order valence-electron chi connectivity index (χ3n) is 5.95. The molecule has 0 unspecified atom stereocenters. The van der Waals surface area contributed by atoms with Gasteiger partial charge in [-0.15, -0.1) is 11.3 Å². The second-order valence-corrected chi connectivity index (χ2v) is 9.40. The SMILES string of the molecule is Cc1cc(-c2ccc(C3CCN(C)CC3)cc2Cl)sc1C(=O)N1CCCC1.[CH3-].[Cs+]. The molecule has 0 aliphatic carbocycles. The van der Waals surface area contributed by atoms with E-state index in [0.717, 1.165) is 64.9 Å². The predicted octanol–water partition coefficient (Wildman–Crippen LogP) is 2.88. The maximum absolute atomic E-state index is 12.8. The van der Waals surface area contributed by atoms with Crippen molar-refractivity contribution in [3.8, 4) is 10.4 Å². The Morgan fingerprint density at radius 1 is 1.10 bits per heavy atom. The predicted molar refractivity (Wildman–Crippen MR) is 121 cm³/mol. The summed E-state index contributed by atoms with van der Waals surface area (Å²) in [5.41, 5.74) is 3.45. The van der Waals surface area contributed by atoms with Crippen molar-refractivity contribution in [2.45, 2.75) is 38.5 Å². The molecule has 2 aliphatic rings. The van der Waals surface area contributed by atoms with Gasteiger partial charge in [0.05, 0.1) is 4.88 Å². The molecular formula is C23H30ClCsN2OS. The Bertz CT molecular complexity index is 839. The van der Waals surface area contributed by atoms with Gasteiger partial charge in [-0.2, -0.15) is 0 Å². The van der Waals surface area contributed by atoms with Crippen LogP contribution in [0.5, 0.6) is 0 Å². The molecule has 2 aliphatic heterocycles. The maximum Gasteiger partial charge on any atom is 1.00 e. The molecule has 0 bridgehead atoms. The fourth-order valence-electron chi connectivity index (χ4n) is 4.22. The summed E-state index contributed by atoms with van der Waals surface area (Å²) >= 11 is 8.26. The molecule has 3 heterocycles. The van der Waals surface area contributed by atoms with Gasteiger partial charge in [-0.25, -0.2) is 0 Å². The Kier molecular flexibility index (Phi) is 10.3. The van der Waals surface area contributed by atoms with Gasteiger partial charge in [0, 0.05) is 28.6 Å². The molecule has 2 aromatic rings. The average molecular weight is 551 g/mol. The van der Waals surface area contributed by atoms with Gasteiger partial charge in [0.1, 0.15) is 0 Å². The van der Waals surface area contributed by atoms with E-state index in [1.807, 2.05) is 11.8 Å². The van der Waals surface area contributed by atoms with Crippen LogP contribution in [0.1, 0.15) is 52.4 Å². The van der Waals surface area contributed by atoms with E-state index in [0.29, 0.717) is 5.92 Å². The molecule has 1 aromatic carbocycles. The molecule has 0 saturated carbocycles. The van der Waals surface area contributed by atoms with E-state index in [4.69, 9.17) is 11.6 Å². The number of likely N-dealkylation sites (tertiary alicyclic amines) is 2. The van der Waals surface area contributed by atoms with Crippen LogP contribution in [-0.2, 0) is 0 Å². The number of rotatable bonds is 3. The van der Waals surface area contributed by atoms with Crippen LogP contribution in [-0.4, -0.2) is 48.9 Å². The minimum absolute atomic E-state index is 0. The van der Waals surface area contributed by atoms with Gasteiger partial charge < -0.3 is 17.2 Å². The topological polar surface area (TPSA) is 23.6 Å². The molecule has 0 spiro atoms. The van der Waals surface area contributed by atoms with Crippen molar-refractivity contribution in [2.75, 3.05) is 33.2 Å². The zero-order valence-corrected chi connectivity index (χ0v) is 26.0. The van der Waals surface area contributed by atoms with Crippen LogP contribution in [0, 0.1) is 14.4 Å². The molecule has 2 fully saturated rings. The summed E-state index contributed by atoms with van der Waals surface area (Å²) in [5.74, 6) is 0.783. The van der Waals surface area contributed by atoms with Crippen molar-refractivity contribution in [3.05, 3.63) is 52.7 Å². The Morgan fingerprint density at radius 2 is 1.76 bits per heavy atom. The fourth-order valence-corrected chi connectivity index (χ4v) is 5.74. The van der Waals surface area contributed by atoms with Crippen molar-refractivity contribution in [3.63, 3.8) is 0 Å². The Morgan fingerprint density at radius 3 is 2.38 bits per heavy atom. The minimum atomic E-state index is 0. The monoisotopic (exact) mass is 550 g/mol. The minimum Gasteiger partial charge on any atom is -0.358 e. The molecule has 0 radical (unpaired) electrons. The van der Waals surface area contributed by atoms with E-state index in [1.165, 1.54) is 18.4 Å². The first-order valence-electron chi connectivity index (χ1n) is 9.91. The molecule has 6 heteroatoms. The second kappa shape index (κ2) is 11.5. The van der Waals surface area contributed by atoms with Gasteiger partial charge in [-0.05, 0) is 81.9 Å². The standard InChI is InChI=1S/C22H27ClN2OS.CH3.Cs/c1-15-13-20(27-21(15)22(26)25-9-3-4-10-25)18-6-5-17(14-19(18)23)16-7-11-24(2)12-8-16;;/h5-6,13-14,16H,3-4,7-12H2,1-2H3;1H3;/q;-1;+1.